The number of methoxy groups -OCH3 is 2. The van der Waals surface area contributed by atoms with Crippen LogP contribution in [0.2, 0.25) is 5.02 Å². The van der Waals surface area contributed by atoms with Crippen LogP contribution in [0.4, 0.5) is 4.79 Å². The van der Waals surface area contributed by atoms with E-state index in [9.17, 15) is 14.4 Å². The zero-order valence-corrected chi connectivity index (χ0v) is 17.8. The Morgan fingerprint density at radius 1 is 1.17 bits per heavy atom. The summed E-state index contributed by atoms with van der Waals surface area (Å²) in [6.07, 6.45) is 1.51. The highest BCUT2D eigenvalue weighted by atomic mass is 35.5. The molecule has 2 aromatic rings. The molecule has 2 aromatic carbocycles. The summed E-state index contributed by atoms with van der Waals surface area (Å²) in [5.41, 5.74) is 1.52. The average molecular weight is 448 g/mol. The van der Waals surface area contributed by atoms with Crippen molar-refractivity contribution in [1.82, 2.24) is 4.90 Å². The Hall–Kier alpha value is -2.97. The molecule has 0 N–H and O–H groups in total. The minimum atomic E-state index is -0.678. The van der Waals surface area contributed by atoms with Crippen molar-refractivity contribution in [3.05, 3.63) is 63.5 Å². The van der Waals surface area contributed by atoms with Crippen LogP contribution in [0.5, 0.6) is 11.5 Å². The molecule has 9 heteroatoms. The maximum absolute atomic E-state index is 12.5. The van der Waals surface area contributed by atoms with Crippen LogP contribution >= 0.6 is 23.4 Å². The lowest BCUT2D eigenvalue weighted by Gasteiger charge is -2.13. The molecule has 0 unspecified atom stereocenters. The highest BCUT2D eigenvalue weighted by molar-refractivity contribution is 8.18. The third kappa shape index (κ3) is 4.95. The number of esters is 1. The van der Waals surface area contributed by atoms with Crippen LogP contribution in [0.3, 0.4) is 0 Å². The largest absolute Gasteiger partial charge is 0.493 e. The van der Waals surface area contributed by atoms with Gasteiger partial charge >= 0.3 is 5.97 Å². The van der Waals surface area contributed by atoms with Crippen LogP contribution in [0, 0.1) is 0 Å². The molecule has 0 spiro atoms. The molecule has 1 fully saturated rings. The van der Waals surface area contributed by atoms with Gasteiger partial charge in [0.25, 0.3) is 11.1 Å². The minimum absolute atomic E-state index is 0.167. The van der Waals surface area contributed by atoms with Crippen LogP contribution in [0.1, 0.15) is 11.1 Å². The Balaban J connectivity index is 1.81. The number of carbonyl (C=O) groups excluding carboxylic acids is 3. The molecule has 0 saturated carbocycles. The van der Waals surface area contributed by atoms with E-state index < -0.39 is 23.7 Å². The number of amides is 2. The van der Waals surface area contributed by atoms with Gasteiger partial charge in [0, 0.05) is 0 Å². The molecule has 0 atom stereocenters. The highest BCUT2D eigenvalue weighted by Crippen LogP contribution is 2.39. The number of imide groups is 1. The molecule has 0 aromatic heterocycles. The molecular formula is C21H18ClNO6S. The second kappa shape index (κ2) is 9.69. The lowest BCUT2D eigenvalue weighted by molar-refractivity contribution is -0.143. The Kier molecular flexibility index (Phi) is 7.02. The Bertz CT molecular complexity index is 1010. The second-order valence-corrected chi connectivity index (χ2v) is 7.55. The summed E-state index contributed by atoms with van der Waals surface area (Å²) < 4.78 is 15.7. The standard InChI is InChI=1S/C21H18ClNO6S/c1-27-16-9-14(8-15(22)19(16)29-12-13-6-4-3-5-7-13)10-17-20(25)23(21(26)30-17)11-18(24)28-2/h3-10H,11-12H2,1-2H3/b17-10-. The summed E-state index contributed by atoms with van der Waals surface area (Å²) in [6, 6.07) is 12.9. The topological polar surface area (TPSA) is 82.1 Å². The molecule has 0 aliphatic carbocycles. The van der Waals surface area contributed by atoms with Gasteiger partial charge in [-0.05, 0) is 41.1 Å². The van der Waals surface area contributed by atoms with Gasteiger partial charge in [-0.25, -0.2) is 0 Å². The van der Waals surface area contributed by atoms with Gasteiger partial charge < -0.3 is 14.2 Å². The maximum atomic E-state index is 12.5. The van der Waals surface area contributed by atoms with Crippen LogP contribution in [-0.2, 0) is 20.9 Å². The first-order valence-corrected chi connectivity index (χ1v) is 9.98. The van der Waals surface area contributed by atoms with Crippen LogP contribution in [0.15, 0.2) is 47.4 Å². The van der Waals surface area contributed by atoms with Crippen LogP contribution in [-0.4, -0.2) is 42.8 Å². The number of thioether (sulfide) groups is 1. The zero-order valence-electron chi connectivity index (χ0n) is 16.2. The summed E-state index contributed by atoms with van der Waals surface area (Å²) >= 11 is 7.12. The van der Waals surface area contributed by atoms with Crippen molar-refractivity contribution in [2.45, 2.75) is 6.61 Å². The van der Waals surface area contributed by atoms with Crippen molar-refractivity contribution >= 4 is 46.6 Å². The van der Waals surface area contributed by atoms with E-state index in [2.05, 4.69) is 4.74 Å². The fraction of sp³-hybridized carbons (Fsp3) is 0.190. The van der Waals surface area contributed by atoms with Gasteiger partial charge in [-0.3, -0.25) is 19.3 Å². The number of benzene rings is 2. The molecule has 156 valence electrons. The average Bonchev–Trinajstić information content (AvgIpc) is 3.00. The van der Waals surface area contributed by atoms with Crippen molar-refractivity contribution in [2.24, 2.45) is 0 Å². The van der Waals surface area contributed by atoms with Crippen LogP contribution < -0.4 is 9.47 Å². The molecule has 7 nitrogen and oxygen atoms in total. The van der Waals surface area contributed by atoms with Crippen molar-refractivity contribution in [3.63, 3.8) is 0 Å². The number of halogens is 1. The number of rotatable bonds is 7. The molecule has 0 radical (unpaired) electrons. The van der Waals surface area contributed by atoms with Crippen LogP contribution in [0.25, 0.3) is 6.08 Å². The number of ether oxygens (including phenoxy) is 3. The molecule has 1 aliphatic rings. The highest BCUT2D eigenvalue weighted by Gasteiger charge is 2.36. The van der Waals surface area contributed by atoms with Gasteiger partial charge in [-0.1, -0.05) is 41.9 Å². The quantitative estimate of drug-likeness (QED) is 0.466. The van der Waals surface area contributed by atoms with E-state index in [0.717, 1.165) is 22.2 Å². The zero-order chi connectivity index (χ0) is 21.7. The van der Waals surface area contributed by atoms with E-state index in [0.29, 0.717) is 28.7 Å². The van der Waals surface area contributed by atoms with Gasteiger partial charge in [0.15, 0.2) is 11.5 Å². The molecule has 2 amide bonds. The number of hydrogen-bond acceptors (Lipinski definition) is 7. The van der Waals surface area contributed by atoms with Crippen molar-refractivity contribution in [2.75, 3.05) is 20.8 Å². The smallest absolute Gasteiger partial charge is 0.325 e. The Labute approximate surface area is 182 Å². The third-order valence-electron chi connectivity index (χ3n) is 4.16. The lowest BCUT2D eigenvalue weighted by atomic mass is 10.1. The summed E-state index contributed by atoms with van der Waals surface area (Å²) in [6.45, 7) is -0.127. The van der Waals surface area contributed by atoms with E-state index in [1.807, 2.05) is 30.3 Å². The normalized spacial score (nSPS) is 14.9. The Morgan fingerprint density at radius 3 is 2.57 bits per heavy atom. The SMILES string of the molecule is COC(=O)CN1C(=O)S/C(=C\c2cc(Cl)c(OCc3ccccc3)c(OC)c2)C1=O. The van der Waals surface area contributed by atoms with Crippen molar-refractivity contribution < 1.29 is 28.6 Å². The predicted octanol–water partition coefficient (Wildman–Crippen LogP) is 4.14. The molecule has 3 rings (SSSR count). The molecular weight excluding hydrogens is 430 g/mol. The van der Waals surface area contributed by atoms with Crippen molar-refractivity contribution in [1.29, 1.82) is 0 Å². The van der Waals surface area contributed by atoms with E-state index in [1.165, 1.54) is 20.3 Å². The third-order valence-corrected chi connectivity index (χ3v) is 5.35. The van der Waals surface area contributed by atoms with Crippen molar-refractivity contribution in [3.8, 4) is 11.5 Å². The van der Waals surface area contributed by atoms with Gasteiger partial charge in [0.05, 0.1) is 24.1 Å². The molecule has 1 heterocycles. The first kappa shape index (κ1) is 21.7. The molecule has 0 bridgehead atoms. The molecule has 1 aliphatic heterocycles. The Morgan fingerprint density at radius 2 is 1.90 bits per heavy atom. The first-order valence-electron chi connectivity index (χ1n) is 8.79. The van der Waals surface area contributed by atoms with E-state index in [1.54, 1.807) is 12.1 Å². The van der Waals surface area contributed by atoms with Gasteiger partial charge in [0.1, 0.15) is 13.2 Å². The maximum Gasteiger partial charge on any atom is 0.325 e. The predicted molar refractivity (Wildman–Crippen MR) is 113 cm³/mol. The van der Waals surface area contributed by atoms with Gasteiger partial charge in [-0.15, -0.1) is 0 Å². The number of hydrogen-bond donors (Lipinski definition) is 0. The van der Waals surface area contributed by atoms with E-state index >= 15 is 0 Å². The first-order chi connectivity index (χ1) is 14.4. The number of carbonyl (C=O) groups is 3. The van der Waals surface area contributed by atoms with E-state index in [-0.39, 0.29) is 4.91 Å². The summed E-state index contributed by atoms with van der Waals surface area (Å²) in [5.74, 6) is -0.490. The monoisotopic (exact) mass is 447 g/mol. The minimum Gasteiger partial charge on any atom is -0.493 e. The van der Waals surface area contributed by atoms with Gasteiger partial charge in [0.2, 0.25) is 0 Å². The number of nitrogens with zero attached hydrogens (tertiary/aromatic N) is 1. The molecule has 1 saturated heterocycles. The summed E-state index contributed by atoms with van der Waals surface area (Å²) in [4.78, 5) is 36.9. The molecule has 30 heavy (non-hydrogen) atoms. The fourth-order valence-corrected chi connectivity index (χ4v) is 3.79. The second-order valence-electron chi connectivity index (χ2n) is 6.15. The summed E-state index contributed by atoms with van der Waals surface area (Å²) in [7, 11) is 2.67. The van der Waals surface area contributed by atoms with Gasteiger partial charge in [-0.2, -0.15) is 0 Å². The summed E-state index contributed by atoms with van der Waals surface area (Å²) in [5, 5.41) is -0.247. The fourth-order valence-electron chi connectivity index (χ4n) is 2.67. The lowest BCUT2D eigenvalue weighted by Crippen LogP contribution is -2.34. The van der Waals surface area contributed by atoms with E-state index in [4.69, 9.17) is 21.1 Å².